The molecule has 2 N–H and O–H groups in total. The average molecular weight is 654 g/mol. The number of aromatic amines is 2. The van der Waals surface area contributed by atoms with Gasteiger partial charge in [-0.15, -0.1) is 0 Å². The van der Waals surface area contributed by atoms with Gasteiger partial charge in [0.25, 0.3) is 0 Å². The van der Waals surface area contributed by atoms with Gasteiger partial charge in [-0.2, -0.15) is 0 Å². The van der Waals surface area contributed by atoms with Crippen LogP contribution in [0, 0.1) is 3.57 Å². The summed E-state index contributed by atoms with van der Waals surface area (Å²) >= 11 is 2.39. The molecule has 5 aromatic rings. The number of H-pyrrole nitrogens is 2. The van der Waals surface area contributed by atoms with Crippen LogP contribution in [0.1, 0.15) is 22.8 Å². The second-order valence-electron chi connectivity index (χ2n) is 9.02. The van der Waals surface area contributed by atoms with Crippen LogP contribution in [-0.4, -0.2) is 19.9 Å². The molecule has 0 spiro atoms. The molecule has 38 heavy (non-hydrogen) atoms. The topological polar surface area (TPSA) is 57.4 Å². The Kier molecular flexibility index (Phi) is 6.68. The van der Waals surface area contributed by atoms with E-state index in [4.69, 9.17) is 9.97 Å². The summed E-state index contributed by atoms with van der Waals surface area (Å²) in [6.45, 7) is 0. The minimum Gasteiger partial charge on any atom is -0.355 e. The van der Waals surface area contributed by atoms with Crippen molar-refractivity contribution in [1.29, 1.82) is 0 Å². The molecule has 6 heteroatoms. The van der Waals surface area contributed by atoms with E-state index in [0.717, 1.165) is 70.7 Å². The molecule has 0 atom stereocenters. The number of rotatable bonds is 2. The van der Waals surface area contributed by atoms with E-state index in [9.17, 15) is 0 Å². The molecule has 0 amide bonds. The van der Waals surface area contributed by atoms with Gasteiger partial charge in [-0.25, -0.2) is 9.97 Å². The van der Waals surface area contributed by atoms with E-state index in [1.54, 1.807) is 0 Å². The molecule has 5 heterocycles. The van der Waals surface area contributed by atoms with Crippen molar-refractivity contribution in [2.24, 2.45) is 0 Å². The maximum absolute atomic E-state index is 5.08. The van der Waals surface area contributed by atoms with Gasteiger partial charge < -0.3 is 9.97 Å². The molecule has 0 radical (unpaired) electrons. The van der Waals surface area contributed by atoms with Gasteiger partial charge in [0.15, 0.2) is 0 Å². The zero-order valence-electron chi connectivity index (χ0n) is 20.4. The minimum atomic E-state index is 0. The number of nitrogens with one attached hydrogen (secondary N) is 2. The third-order valence-corrected chi connectivity index (χ3v) is 7.77. The van der Waals surface area contributed by atoms with Crippen LogP contribution in [0.2, 0.25) is 0 Å². The first-order valence-electron chi connectivity index (χ1n) is 12.1. The fourth-order valence-corrected chi connectivity index (χ4v) is 5.54. The standard InChI is InChI=1S/C32H21IN4.Zn/c33-32-28-17-15-26(36-28)30(20-7-3-1-4-8-20)24-13-11-22(34-24)19-23-12-14-25(35-23)31(21-9-5-2-6-10-21)27-16-18-29(32)37-27;/h1-19,34,37H;. The molecule has 178 valence electrons. The van der Waals surface area contributed by atoms with Crippen LogP contribution < -0.4 is 0 Å². The van der Waals surface area contributed by atoms with Crippen molar-refractivity contribution in [3.05, 3.63) is 117 Å². The Morgan fingerprint density at radius 1 is 0.526 bits per heavy atom. The molecular formula is C32H21IN4Zn. The van der Waals surface area contributed by atoms with E-state index >= 15 is 0 Å². The van der Waals surface area contributed by atoms with Crippen molar-refractivity contribution in [1.82, 2.24) is 19.9 Å². The van der Waals surface area contributed by atoms with Gasteiger partial charge in [-0.1, -0.05) is 60.7 Å². The largest absolute Gasteiger partial charge is 0.355 e. The molecular weight excluding hydrogens is 633 g/mol. The van der Waals surface area contributed by atoms with Crippen LogP contribution in [0.4, 0.5) is 0 Å². The fourth-order valence-electron chi connectivity index (χ4n) is 4.92. The van der Waals surface area contributed by atoms with Crippen molar-refractivity contribution in [3.8, 4) is 22.3 Å². The van der Waals surface area contributed by atoms with Gasteiger partial charge in [0.1, 0.15) is 0 Å². The average Bonchev–Trinajstić information content (AvgIpc) is 3.74. The molecule has 2 aromatic carbocycles. The number of hydrogen-bond donors (Lipinski definition) is 2. The molecule has 3 aromatic heterocycles. The Morgan fingerprint density at radius 2 is 1.08 bits per heavy atom. The molecule has 0 fully saturated rings. The SMILES string of the molecule is Ic1c2nc(c(-c3ccccc3)c3ccc(cc4nc(c(-c5ccccc5)c5ccc1[nH]5)C=C4)[nH]3)C=C2.[Zn]. The van der Waals surface area contributed by atoms with Crippen molar-refractivity contribution in [2.45, 2.75) is 0 Å². The zero-order valence-corrected chi connectivity index (χ0v) is 25.6. The van der Waals surface area contributed by atoms with Gasteiger partial charge in [0.2, 0.25) is 0 Å². The molecule has 0 unspecified atom stereocenters. The smallest absolute Gasteiger partial charge is 0.0792 e. The van der Waals surface area contributed by atoms with Crippen LogP contribution in [0.25, 0.3) is 68.6 Å². The van der Waals surface area contributed by atoms with Crippen LogP contribution in [0.3, 0.4) is 0 Å². The normalized spacial score (nSPS) is 11.9. The zero-order chi connectivity index (χ0) is 24.8. The third-order valence-electron chi connectivity index (χ3n) is 6.64. The van der Waals surface area contributed by atoms with Crippen LogP contribution in [-0.2, 0) is 19.5 Å². The number of halogens is 1. The summed E-state index contributed by atoms with van der Waals surface area (Å²) < 4.78 is 1.07. The fraction of sp³-hybridized carbons (Fsp3) is 0. The summed E-state index contributed by atoms with van der Waals surface area (Å²) in [4.78, 5) is 17.3. The minimum absolute atomic E-state index is 0. The number of hydrogen-bond acceptors (Lipinski definition) is 2. The Balaban J connectivity index is 0.00000264. The van der Waals surface area contributed by atoms with Crippen molar-refractivity contribution in [2.75, 3.05) is 0 Å². The van der Waals surface area contributed by atoms with Gasteiger partial charge in [0.05, 0.1) is 31.9 Å². The van der Waals surface area contributed by atoms with Crippen LogP contribution in [0.5, 0.6) is 0 Å². The van der Waals surface area contributed by atoms with Crippen LogP contribution >= 0.6 is 22.6 Å². The van der Waals surface area contributed by atoms with Gasteiger partial charge in [-0.05, 0) is 88.4 Å². The second kappa shape index (κ2) is 10.3. The Labute approximate surface area is 246 Å². The number of nitrogens with zero attached hydrogens (tertiary/aromatic N) is 2. The third kappa shape index (κ3) is 4.48. The molecule has 0 saturated heterocycles. The van der Waals surface area contributed by atoms with E-state index in [1.807, 2.05) is 12.1 Å². The van der Waals surface area contributed by atoms with Crippen LogP contribution in [0.15, 0.2) is 91.0 Å². The molecule has 0 aliphatic carbocycles. The van der Waals surface area contributed by atoms with E-state index in [-0.39, 0.29) is 19.5 Å². The summed E-state index contributed by atoms with van der Waals surface area (Å²) in [7, 11) is 0. The van der Waals surface area contributed by atoms with E-state index in [1.165, 1.54) is 0 Å². The Hall–Kier alpha value is -3.61. The first kappa shape index (κ1) is 24.7. The van der Waals surface area contributed by atoms with Gasteiger partial charge >= 0.3 is 0 Å². The molecule has 2 aliphatic heterocycles. The molecule has 8 bridgehead atoms. The van der Waals surface area contributed by atoms with E-state index in [0.29, 0.717) is 0 Å². The van der Waals surface area contributed by atoms with E-state index < -0.39 is 0 Å². The van der Waals surface area contributed by atoms with Crippen molar-refractivity contribution >= 4 is 69.0 Å². The van der Waals surface area contributed by atoms with Gasteiger partial charge in [0, 0.05) is 47.2 Å². The molecule has 0 saturated carbocycles. The Bertz CT molecular complexity index is 1850. The predicted molar refractivity (Wildman–Crippen MR) is 162 cm³/mol. The molecule has 2 aliphatic rings. The van der Waals surface area contributed by atoms with Crippen molar-refractivity contribution < 1.29 is 19.5 Å². The number of benzene rings is 2. The molecule has 7 rings (SSSR count). The first-order valence-corrected chi connectivity index (χ1v) is 13.2. The summed E-state index contributed by atoms with van der Waals surface area (Å²) in [5.74, 6) is 0. The molecule has 4 nitrogen and oxygen atoms in total. The van der Waals surface area contributed by atoms with E-state index in [2.05, 4.69) is 136 Å². The summed E-state index contributed by atoms with van der Waals surface area (Å²) in [5.41, 5.74) is 12.2. The quantitative estimate of drug-likeness (QED) is 0.145. The maximum atomic E-state index is 5.08. The summed E-state index contributed by atoms with van der Waals surface area (Å²) in [6, 6.07) is 31.4. The monoisotopic (exact) mass is 652 g/mol. The van der Waals surface area contributed by atoms with Crippen molar-refractivity contribution in [3.63, 3.8) is 0 Å². The second-order valence-corrected chi connectivity index (χ2v) is 10.1. The first-order chi connectivity index (χ1) is 18.2. The predicted octanol–water partition coefficient (Wildman–Crippen LogP) is 8.59. The number of aromatic nitrogens is 4. The summed E-state index contributed by atoms with van der Waals surface area (Å²) in [5, 5.41) is 0. The maximum Gasteiger partial charge on any atom is 0.0792 e. The van der Waals surface area contributed by atoms with Gasteiger partial charge in [-0.3, -0.25) is 0 Å². The Morgan fingerprint density at radius 3 is 1.79 bits per heavy atom. The summed E-state index contributed by atoms with van der Waals surface area (Å²) in [6.07, 6.45) is 8.37. The number of fused-ring (bicyclic) bond motifs is 8.